The predicted molar refractivity (Wildman–Crippen MR) is 79.7 cm³/mol. The molecule has 0 amide bonds. The Labute approximate surface area is 121 Å². The van der Waals surface area contributed by atoms with Crippen LogP contribution in [0.1, 0.15) is 51.0 Å². The molecule has 0 N–H and O–H groups in total. The van der Waals surface area contributed by atoms with Gasteiger partial charge < -0.3 is 4.74 Å². The fraction of sp³-hybridized carbons (Fsp3) is 0.529. The van der Waals surface area contributed by atoms with Gasteiger partial charge in [0.25, 0.3) is 0 Å². The molecule has 1 aromatic carbocycles. The lowest BCUT2D eigenvalue weighted by molar-refractivity contribution is -0.123. The predicted octanol–water partition coefficient (Wildman–Crippen LogP) is 4.09. The Morgan fingerprint density at radius 2 is 2.05 bits per heavy atom. The first kappa shape index (κ1) is 16.2. The Bertz CT molecular complexity index is 476. The van der Waals surface area contributed by atoms with Crippen LogP contribution in [-0.4, -0.2) is 12.9 Å². The quantitative estimate of drug-likeness (QED) is 0.716. The number of carbonyl (C=O) groups is 1. The smallest absolute Gasteiger partial charge is 0.157 e. The normalized spacial score (nSPS) is 13.3. The van der Waals surface area contributed by atoms with E-state index in [0.29, 0.717) is 11.3 Å². The van der Waals surface area contributed by atoms with E-state index in [1.807, 2.05) is 19.1 Å². The number of methoxy groups -OCH3 is 1. The van der Waals surface area contributed by atoms with Crippen molar-refractivity contribution in [2.75, 3.05) is 7.11 Å². The number of unbranched alkanes of at least 4 members (excludes halogenated alkanes) is 1. The second-order valence-electron chi connectivity index (χ2n) is 4.95. The summed E-state index contributed by atoms with van der Waals surface area (Å²) in [4.78, 5) is 12.6. The number of rotatable bonds is 8. The molecule has 3 nitrogen and oxygen atoms in total. The van der Waals surface area contributed by atoms with Gasteiger partial charge in [-0.3, -0.25) is 4.79 Å². The summed E-state index contributed by atoms with van der Waals surface area (Å²) < 4.78 is 5.27. The number of hydrogen-bond acceptors (Lipinski definition) is 3. The minimum atomic E-state index is -0.729. The van der Waals surface area contributed by atoms with Gasteiger partial charge in [0.1, 0.15) is 11.7 Å². The van der Waals surface area contributed by atoms with Crippen molar-refractivity contribution in [3.8, 4) is 11.8 Å². The number of nitrogens with zero attached hydrogens (tertiary/aromatic N) is 1. The van der Waals surface area contributed by atoms with E-state index in [4.69, 9.17) is 4.74 Å². The highest BCUT2D eigenvalue weighted by Gasteiger charge is 2.28. The Balaban J connectivity index is 3.00. The highest BCUT2D eigenvalue weighted by atomic mass is 16.5. The Morgan fingerprint density at radius 1 is 1.35 bits per heavy atom. The molecule has 0 radical (unpaired) electrons. The van der Waals surface area contributed by atoms with E-state index in [1.54, 1.807) is 19.2 Å². The van der Waals surface area contributed by atoms with Gasteiger partial charge in [-0.2, -0.15) is 5.26 Å². The standard InChI is InChI=1S/C17H23NO2/c1-4-6-9-13(5-2)17(19)15(12-18)14-10-7-8-11-16(14)20-3/h7-8,10-11,13,15H,4-6,9H2,1-3H3. The van der Waals surface area contributed by atoms with Crippen LogP contribution in [0.5, 0.6) is 5.75 Å². The number of para-hydroxylation sites is 1. The maximum absolute atomic E-state index is 12.6. The van der Waals surface area contributed by atoms with E-state index >= 15 is 0 Å². The number of Topliss-reactive ketones (excluding diaryl/α,β-unsaturated/α-hetero) is 1. The minimum absolute atomic E-state index is 0.0213. The van der Waals surface area contributed by atoms with Gasteiger partial charge in [0.15, 0.2) is 5.78 Å². The van der Waals surface area contributed by atoms with Crippen LogP contribution in [0.25, 0.3) is 0 Å². The summed E-state index contributed by atoms with van der Waals surface area (Å²) in [7, 11) is 1.56. The summed E-state index contributed by atoms with van der Waals surface area (Å²) in [6, 6.07) is 9.43. The van der Waals surface area contributed by atoms with Crippen LogP contribution in [0.4, 0.5) is 0 Å². The summed E-state index contributed by atoms with van der Waals surface area (Å²) in [6.45, 7) is 4.12. The second-order valence-corrected chi connectivity index (χ2v) is 4.95. The zero-order chi connectivity index (χ0) is 15.0. The molecule has 1 aromatic rings. The average Bonchev–Trinajstić information content (AvgIpc) is 2.49. The topological polar surface area (TPSA) is 50.1 Å². The molecule has 0 aliphatic carbocycles. The number of ether oxygens (including phenoxy) is 1. The van der Waals surface area contributed by atoms with Crippen LogP contribution >= 0.6 is 0 Å². The number of ketones is 1. The van der Waals surface area contributed by atoms with E-state index in [-0.39, 0.29) is 11.7 Å². The lowest BCUT2D eigenvalue weighted by atomic mass is 9.84. The fourth-order valence-corrected chi connectivity index (χ4v) is 2.43. The summed E-state index contributed by atoms with van der Waals surface area (Å²) in [6.07, 6.45) is 3.73. The molecule has 108 valence electrons. The lowest BCUT2D eigenvalue weighted by Gasteiger charge is -2.18. The maximum Gasteiger partial charge on any atom is 0.157 e. The molecule has 2 atom stereocenters. The van der Waals surface area contributed by atoms with Crippen molar-refractivity contribution in [2.45, 2.75) is 45.4 Å². The first-order valence-corrected chi connectivity index (χ1v) is 7.25. The molecule has 0 heterocycles. The lowest BCUT2D eigenvalue weighted by Crippen LogP contribution is -2.21. The minimum Gasteiger partial charge on any atom is -0.496 e. The monoisotopic (exact) mass is 273 g/mol. The molecular formula is C17H23NO2. The van der Waals surface area contributed by atoms with E-state index in [0.717, 1.165) is 25.7 Å². The molecule has 0 aromatic heterocycles. The maximum atomic E-state index is 12.6. The molecule has 0 aliphatic heterocycles. The van der Waals surface area contributed by atoms with Gasteiger partial charge in [-0.1, -0.05) is 44.9 Å². The zero-order valence-electron chi connectivity index (χ0n) is 12.6. The van der Waals surface area contributed by atoms with Crippen LogP contribution in [0.3, 0.4) is 0 Å². The van der Waals surface area contributed by atoms with Gasteiger partial charge in [0.2, 0.25) is 0 Å². The van der Waals surface area contributed by atoms with Crippen molar-refractivity contribution in [1.29, 1.82) is 5.26 Å². The number of hydrogen-bond donors (Lipinski definition) is 0. The molecule has 0 fully saturated rings. The van der Waals surface area contributed by atoms with E-state index in [9.17, 15) is 10.1 Å². The molecule has 3 heteroatoms. The molecule has 0 saturated heterocycles. The molecule has 1 rings (SSSR count). The summed E-state index contributed by atoms with van der Waals surface area (Å²) in [5, 5.41) is 9.41. The fourth-order valence-electron chi connectivity index (χ4n) is 2.43. The number of nitriles is 1. The third-order valence-corrected chi connectivity index (χ3v) is 3.66. The molecule has 2 unspecified atom stereocenters. The Hall–Kier alpha value is -1.82. The Morgan fingerprint density at radius 3 is 2.60 bits per heavy atom. The van der Waals surface area contributed by atoms with Gasteiger partial charge in [-0.15, -0.1) is 0 Å². The second kappa shape index (κ2) is 8.37. The van der Waals surface area contributed by atoms with Gasteiger partial charge in [0.05, 0.1) is 13.2 Å². The van der Waals surface area contributed by atoms with Crippen LogP contribution in [0.15, 0.2) is 24.3 Å². The number of carbonyl (C=O) groups excluding carboxylic acids is 1. The molecule has 0 bridgehead atoms. The third-order valence-electron chi connectivity index (χ3n) is 3.66. The van der Waals surface area contributed by atoms with Crippen LogP contribution in [-0.2, 0) is 4.79 Å². The van der Waals surface area contributed by atoms with Crippen LogP contribution in [0, 0.1) is 17.2 Å². The van der Waals surface area contributed by atoms with Crippen molar-refractivity contribution in [2.24, 2.45) is 5.92 Å². The van der Waals surface area contributed by atoms with E-state index < -0.39 is 5.92 Å². The van der Waals surface area contributed by atoms with Crippen molar-refractivity contribution >= 4 is 5.78 Å². The van der Waals surface area contributed by atoms with E-state index in [1.165, 1.54) is 0 Å². The van der Waals surface area contributed by atoms with Crippen LogP contribution in [0.2, 0.25) is 0 Å². The summed E-state index contributed by atoms with van der Waals surface area (Å²) >= 11 is 0. The number of benzene rings is 1. The molecular weight excluding hydrogens is 250 g/mol. The largest absolute Gasteiger partial charge is 0.496 e. The molecule has 20 heavy (non-hydrogen) atoms. The van der Waals surface area contributed by atoms with Crippen molar-refractivity contribution in [3.63, 3.8) is 0 Å². The summed E-state index contributed by atoms with van der Waals surface area (Å²) in [5.74, 6) is -0.136. The first-order chi connectivity index (χ1) is 9.69. The van der Waals surface area contributed by atoms with Crippen molar-refractivity contribution in [1.82, 2.24) is 0 Å². The Kier molecular flexibility index (Phi) is 6.79. The van der Waals surface area contributed by atoms with Gasteiger partial charge in [-0.05, 0) is 18.9 Å². The third kappa shape index (κ3) is 3.84. The highest BCUT2D eigenvalue weighted by Crippen LogP contribution is 2.30. The SMILES string of the molecule is CCCCC(CC)C(=O)C(C#N)c1ccccc1OC. The van der Waals surface area contributed by atoms with Gasteiger partial charge in [-0.25, -0.2) is 0 Å². The van der Waals surface area contributed by atoms with Gasteiger partial charge in [0, 0.05) is 11.5 Å². The van der Waals surface area contributed by atoms with Crippen LogP contribution < -0.4 is 4.74 Å². The van der Waals surface area contributed by atoms with Crippen molar-refractivity contribution < 1.29 is 9.53 Å². The highest BCUT2D eigenvalue weighted by molar-refractivity contribution is 5.91. The first-order valence-electron chi connectivity index (χ1n) is 7.25. The molecule has 0 spiro atoms. The molecule has 0 aliphatic rings. The molecule has 0 saturated carbocycles. The average molecular weight is 273 g/mol. The van der Waals surface area contributed by atoms with Crippen molar-refractivity contribution in [3.05, 3.63) is 29.8 Å². The summed E-state index contributed by atoms with van der Waals surface area (Å²) in [5.41, 5.74) is 0.678. The van der Waals surface area contributed by atoms with E-state index in [2.05, 4.69) is 13.0 Å². The zero-order valence-corrected chi connectivity index (χ0v) is 12.6. The van der Waals surface area contributed by atoms with Gasteiger partial charge >= 0.3 is 0 Å².